The molecule has 0 radical (unpaired) electrons. The smallest absolute Gasteiger partial charge is 0.315 e. The van der Waals surface area contributed by atoms with Crippen LogP contribution >= 0.6 is 11.6 Å². The zero-order valence-corrected chi connectivity index (χ0v) is 14.1. The molecule has 0 spiro atoms. The van der Waals surface area contributed by atoms with E-state index < -0.39 is 6.04 Å². The Bertz CT molecular complexity index is 659. The van der Waals surface area contributed by atoms with Crippen LogP contribution in [0.4, 0.5) is 4.79 Å². The third-order valence-electron chi connectivity index (χ3n) is 3.62. The van der Waals surface area contributed by atoms with Crippen molar-refractivity contribution < 1.29 is 15.0 Å². The highest BCUT2D eigenvalue weighted by Gasteiger charge is 2.15. The van der Waals surface area contributed by atoms with Crippen LogP contribution in [-0.4, -0.2) is 28.9 Å². The number of amides is 2. The van der Waals surface area contributed by atoms with Crippen LogP contribution in [0.25, 0.3) is 0 Å². The average Bonchev–Trinajstić information content (AvgIpc) is 2.55. The molecule has 0 aliphatic carbocycles. The predicted octanol–water partition coefficient (Wildman–Crippen LogP) is 3.01. The van der Waals surface area contributed by atoms with Crippen molar-refractivity contribution in [3.63, 3.8) is 0 Å². The molecule has 2 aromatic carbocycles. The van der Waals surface area contributed by atoms with E-state index in [0.29, 0.717) is 11.4 Å². The molecule has 0 aromatic heterocycles. The fourth-order valence-corrected chi connectivity index (χ4v) is 2.52. The largest absolute Gasteiger partial charge is 0.508 e. The van der Waals surface area contributed by atoms with E-state index in [2.05, 4.69) is 10.6 Å². The summed E-state index contributed by atoms with van der Waals surface area (Å²) in [5.74, 6) is 0.214. The van der Waals surface area contributed by atoms with E-state index in [-0.39, 0.29) is 24.4 Å². The van der Waals surface area contributed by atoms with Crippen molar-refractivity contribution in [2.75, 3.05) is 6.61 Å². The maximum Gasteiger partial charge on any atom is 0.315 e. The lowest BCUT2D eigenvalue weighted by Crippen LogP contribution is -2.43. The summed E-state index contributed by atoms with van der Waals surface area (Å²) in [7, 11) is 0. The van der Waals surface area contributed by atoms with Crippen molar-refractivity contribution in [2.24, 2.45) is 0 Å². The van der Waals surface area contributed by atoms with E-state index in [9.17, 15) is 15.0 Å². The SMILES string of the molecule is CC(Cc1ccc(O)cc1)NC(=O)NC(CO)c1ccc(Cl)cc1. The van der Waals surface area contributed by atoms with Crippen molar-refractivity contribution in [2.45, 2.75) is 25.4 Å². The Labute approximate surface area is 146 Å². The molecule has 2 rings (SSSR count). The third-order valence-corrected chi connectivity index (χ3v) is 3.87. The fraction of sp³-hybridized carbons (Fsp3) is 0.278. The van der Waals surface area contributed by atoms with Gasteiger partial charge in [0.25, 0.3) is 0 Å². The number of aliphatic hydroxyl groups excluding tert-OH is 1. The number of benzene rings is 2. The summed E-state index contributed by atoms with van der Waals surface area (Å²) in [6, 6.07) is 12.9. The molecule has 0 aliphatic heterocycles. The summed E-state index contributed by atoms with van der Waals surface area (Å²) in [4.78, 5) is 12.1. The number of phenolic OH excluding ortho intramolecular Hbond substituents is 1. The van der Waals surface area contributed by atoms with Crippen molar-refractivity contribution in [1.82, 2.24) is 10.6 Å². The van der Waals surface area contributed by atoms with Gasteiger partial charge in [0, 0.05) is 11.1 Å². The molecule has 6 heteroatoms. The van der Waals surface area contributed by atoms with Crippen LogP contribution in [0.1, 0.15) is 24.1 Å². The molecule has 0 saturated heterocycles. The Morgan fingerprint density at radius 1 is 1.08 bits per heavy atom. The number of carbonyl (C=O) groups excluding carboxylic acids is 1. The molecule has 0 fully saturated rings. The predicted molar refractivity (Wildman–Crippen MR) is 94.2 cm³/mol. The van der Waals surface area contributed by atoms with Gasteiger partial charge >= 0.3 is 6.03 Å². The summed E-state index contributed by atoms with van der Waals surface area (Å²) in [5, 5.41) is 25.0. The lowest BCUT2D eigenvalue weighted by atomic mass is 10.1. The molecule has 24 heavy (non-hydrogen) atoms. The number of hydrogen-bond acceptors (Lipinski definition) is 3. The first-order valence-corrected chi connectivity index (χ1v) is 8.07. The van der Waals surface area contributed by atoms with Gasteiger partial charge in [0.15, 0.2) is 0 Å². The lowest BCUT2D eigenvalue weighted by molar-refractivity contribution is 0.214. The Balaban J connectivity index is 1.88. The summed E-state index contributed by atoms with van der Waals surface area (Å²) in [5.41, 5.74) is 1.79. The van der Waals surface area contributed by atoms with Gasteiger partial charge in [-0.25, -0.2) is 4.79 Å². The van der Waals surface area contributed by atoms with Gasteiger partial charge in [-0.1, -0.05) is 35.9 Å². The zero-order valence-electron chi connectivity index (χ0n) is 13.4. The van der Waals surface area contributed by atoms with E-state index >= 15 is 0 Å². The normalized spacial score (nSPS) is 13.1. The highest BCUT2D eigenvalue weighted by Crippen LogP contribution is 2.16. The number of urea groups is 1. The monoisotopic (exact) mass is 348 g/mol. The summed E-state index contributed by atoms with van der Waals surface area (Å²) < 4.78 is 0. The van der Waals surface area contributed by atoms with Gasteiger partial charge in [0.2, 0.25) is 0 Å². The van der Waals surface area contributed by atoms with Crippen LogP contribution in [0, 0.1) is 0 Å². The molecule has 128 valence electrons. The molecular weight excluding hydrogens is 328 g/mol. The maximum absolute atomic E-state index is 12.1. The second-order valence-corrected chi connectivity index (χ2v) is 6.11. The van der Waals surface area contributed by atoms with Gasteiger partial charge in [-0.2, -0.15) is 0 Å². The topological polar surface area (TPSA) is 81.6 Å². The molecule has 2 aromatic rings. The van der Waals surface area contributed by atoms with E-state index in [1.54, 1.807) is 36.4 Å². The number of aliphatic hydroxyl groups is 1. The first kappa shape index (κ1) is 18.1. The highest BCUT2D eigenvalue weighted by molar-refractivity contribution is 6.30. The standard InChI is InChI=1S/C18H21ClN2O3/c1-12(10-13-2-8-16(23)9-3-13)20-18(24)21-17(11-22)14-4-6-15(19)7-5-14/h2-9,12,17,22-23H,10-11H2,1H3,(H2,20,21,24). The molecule has 2 atom stereocenters. The minimum absolute atomic E-state index is 0.0981. The van der Waals surface area contributed by atoms with Crippen molar-refractivity contribution >= 4 is 17.6 Å². The number of phenols is 1. The molecule has 0 aliphatic rings. The van der Waals surface area contributed by atoms with E-state index in [0.717, 1.165) is 11.1 Å². The first-order valence-electron chi connectivity index (χ1n) is 7.69. The minimum Gasteiger partial charge on any atom is -0.508 e. The molecule has 0 saturated carbocycles. The van der Waals surface area contributed by atoms with Crippen LogP contribution in [0.5, 0.6) is 5.75 Å². The minimum atomic E-state index is -0.497. The molecule has 4 N–H and O–H groups in total. The van der Waals surface area contributed by atoms with Gasteiger partial charge in [-0.05, 0) is 48.7 Å². The van der Waals surface area contributed by atoms with Gasteiger partial charge in [0.1, 0.15) is 5.75 Å². The first-order chi connectivity index (χ1) is 11.5. The number of aromatic hydroxyl groups is 1. The van der Waals surface area contributed by atoms with E-state index in [1.165, 1.54) is 0 Å². The van der Waals surface area contributed by atoms with Crippen LogP contribution in [0.2, 0.25) is 5.02 Å². The quantitative estimate of drug-likeness (QED) is 0.647. The van der Waals surface area contributed by atoms with Crippen LogP contribution in [0.15, 0.2) is 48.5 Å². The van der Waals surface area contributed by atoms with E-state index in [1.807, 2.05) is 19.1 Å². The highest BCUT2D eigenvalue weighted by atomic mass is 35.5. The van der Waals surface area contributed by atoms with Crippen LogP contribution in [-0.2, 0) is 6.42 Å². The lowest BCUT2D eigenvalue weighted by Gasteiger charge is -2.20. The van der Waals surface area contributed by atoms with Gasteiger partial charge < -0.3 is 20.8 Å². The maximum atomic E-state index is 12.1. The van der Waals surface area contributed by atoms with Crippen molar-refractivity contribution in [1.29, 1.82) is 0 Å². The number of rotatable bonds is 6. The summed E-state index contributed by atoms with van der Waals surface area (Å²) in [6.07, 6.45) is 0.637. The fourth-order valence-electron chi connectivity index (χ4n) is 2.39. The Morgan fingerprint density at radius 3 is 2.29 bits per heavy atom. The molecular formula is C18H21ClN2O3. The summed E-state index contributed by atoms with van der Waals surface area (Å²) in [6.45, 7) is 1.68. The number of hydrogen-bond donors (Lipinski definition) is 4. The van der Waals surface area contributed by atoms with Crippen LogP contribution in [0.3, 0.4) is 0 Å². The number of nitrogens with one attached hydrogen (secondary N) is 2. The van der Waals surface area contributed by atoms with Crippen molar-refractivity contribution in [3.05, 3.63) is 64.7 Å². The van der Waals surface area contributed by atoms with Crippen molar-refractivity contribution in [3.8, 4) is 5.75 Å². The van der Waals surface area contributed by atoms with E-state index in [4.69, 9.17) is 11.6 Å². The summed E-state index contributed by atoms with van der Waals surface area (Å²) >= 11 is 5.84. The Kier molecular flexibility index (Phi) is 6.46. The molecule has 0 heterocycles. The third kappa shape index (κ3) is 5.44. The van der Waals surface area contributed by atoms with Crippen LogP contribution < -0.4 is 10.6 Å². The van der Waals surface area contributed by atoms with Gasteiger partial charge in [-0.15, -0.1) is 0 Å². The second-order valence-electron chi connectivity index (χ2n) is 5.68. The molecule has 0 bridgehead atoms. The van der Waals surface area contributed by atoms with Gasteiger partial charge in [0.05, 0.1) is 12.6 Å². The second kappa shape index (κ2) is 8.57. The molecule has 2 unspecified atom stereocenters. The number of carbonyl (C=O) groups is 1. The zero-order chi connectivity index (χ0) is 17.5. The molecule has 2 amide bonds. The number of halogens is 1. The van der Waals surface area contributed by atoms with Gasteiger partial charge in [-0.3, -0.25) is 0 Å². The Morgan fingerprint density at radius 2 is 1.71 bits per heavy atom. The molecule has 5 nitrogen and oxygen atoms in total. The Hall–Kier alpha value is -2.24. The average molecular weight is 349 g/mol.